The first-order chi connectivity index (χ1) is 20.6. The molecule has 0 nitrogen and oxygen atoms in total. The summed E-state index contributed by atoms with van der Waals surface area (Å²) in [6.07, 6.45) is 20.8. The lowest BCUT2D eigenvalue weighted by atomic mass is 9.64. The van der Waals surface area contributed by atoms with E-state index in [1.165, 1.54) is 96.3 Å². The van der Waals surface area contributed by atoms with Crippen molar-refractivity contribution in [3.63, 3.8) is 0 Å². The van der Waals surface area contributed by atoms with Gasteiger partial charge in [0.05, 0.1) is 0 Å². The van der Waals surface area contributed by atoms with E-state index in [-0.39, 0.29) is 44.6 Å². The molecule has 0 radical (unpaired) electrons. The van der Waals surface area contributed by atoms with Crippen LogP contribution >= 0.6 is 0 Å². The summed E-state index contributed by atoms with van der Waals surface area (Å²) in [5.74, 6) is 1.62. The fraction of sp³-hybridized carbons (Fsp3) is 1.00. The van der Waals surface area contributed by atoms with E-state index in [1.54, 1.807) is 0 Å². The van der Waals surface area contributed by atoms with Crippen molar-refractivity contribution in [1.82, 2.24) is 0 Å². The van der Waals surface area contributed by atoms with Crippen LogP contribution in [0.25, 0.3) is 0 Å². The molecule has 0 aromatic rings. The van der Waals surface area contributed by atoms with E-state index in [0.717, 1.165) is 11.8 Å². The van der Waals surface area contributed by atoms with Gasteiger partial charge in [-0.3, -0.25) is 0 Å². The van der Waals surface area contributed by atoms with Crippen molar-refractivity contribution in [3.05, 3.63) is 0 Å². The van der Waals surface area contributed by atoms with Crippen LogP contribution in [0, 0.1) is 55.2 Å². The van der Waals surface area contributed by atoms with Gasteiger partial charge in [0.1, 0.15) is 0 Å². The van der Waals surface area contributed by atoms with Crippen LogP contribution in [0.2, 0.25) is 0 Å². The van der Waals surface area contributed by atoms with Gasteiger partial charge in [0.15, 0.2) is 0 Å². The molecule has 0 heteroatoms. The van der Waals surface area contributed by atoms with Gasteiger partial charge in [0.2, 0.25) is 0 Å². The summed E-state index contributed by atoms with van der Waals surface area (Å²) < 4.78 is 0. The zero-order chi connectivity index (χ0) is 37.8. The average molecular weight is 760 g/mol. The molecule has 0 bridgehead atoms. The Morgan fingerprint density at radius 1 is 0.245 bits per heavy atom. The Labute approximate surface area is 347 Å². The van der Waals surface area contributed by atoms with Crippen LogP contribution < -0.4 is 0 Å². The third kappa shape index (κ3) is 46.3. The van der Waals surface area contributed by atoms with E-state index < -0.39 is 0 Å². The SMILES string of the molecule is C.C.C.C.C.C.CC(C)CC(CCC(C)(C)C)(CCC(C)(C)C)CCC(C)(C)C.CC(C)CCC(CCC(C)(C)C)(CCC(C)(C)C)CCC(C)(C)C. The number of hydrogen-bond acceptors (Lipinski definition) is 0. The fourth-order valence-electron chi connectivity index (χ4n) is 6.73. The highest BCUT2D eigenvalue weighted by Gasteiger charge is 2.35. The summed E-state index contributed by atoms with van der Waals surface area (Å²) in [4.78, 5) is 0. The Balaban J connectivity index is -0.000000114. The standard InChI is InChI=1S/C24H50.C23H48.6CH4/c1-20(2)12-13-24(17-14-21(3,4)5,18-15-22(6,7)8)19-16-23(9,10)11;1-19(2)18-23(15-12-20(3,4)5,16-13-21(6,7)8)17-14-22(9,10)11;;;;;;/h20H,12-19H2,1-11H3;19H,12-18H2,1-11H3;6*1H4. The molecule has 53 heavy (non-hydrogen) atoms. The Kier molecular flexibility index (Phi) is 37.9. The number of hydrogen-bond donors (Lipinski definition) is 0. The van der Waals surface area contributed by atoms with Crippen LogP contribution in [0.3, 0.4) is 0 Å². The van der Waals surface area contributed by atoms with E-state index in [9.17, 15) is 0 Å². The second-order valence-electron chi connectivity index (χ2n) is 24.9. The van der Waals surface area contributed by atoms with Gasteiger partial charge in [-0.1, -0.05) is 203 Å². The van der Waals surface area contributed by atoms with Crippen LogP contribution in [0.15, 0.2) is 0 Å². The van der Waals surface area contributed by atoms with Crippen LogP contribution in [-0.2, 0) is 0 Å². The largest absolute Gasteiger partial charge is 0.0776 e. The van der Waals surface area contributed by atoms with Gasteiger partial charge in [-0.15, -0.1) is 0 Å². The highest BCUT2D eigenvalue weighted by atomic mass is 14.4. The molecule has 0 N–H and O–H groups in total. The summed E-state index contributed by atoms with van der Waals surface area (Å²) in [7, 11) is 0. The van der Waals surface area contributed by atoms with Crippen molar-refractivity contribution in [2.45, 2.75) is 293 Å². The summed E-state index contributed by atoms with van der Waals surface area (Å²) in [5, 5.41) is 0. The smallest absolute Gasteiger partial charge is 0.0294 e. The predicted octanol–water partition coefficient (Wildman–Crippen LogP) is 21.2. The minimum absolute atomic E-state index is 0. The Hall–Kier alpha value is 0. The van der Waals surface area contributed by atoms with E-state index in [1.807, 2.05) is 0 Å². The monoisotopic (exact) mass is 759 g/mol. The van der Waals surface area contributed by atoms with E-state index in [2.05, 4.69) is 152 Å². The second kappa shape index (κ2) is 28.4. The highest BCUT2D eigenvalue weighted by molar-refractivity contribution is 4.87. The van der Waals surface area contributed by atoms with Crippen molar-refractivity contribution >= 4 is 0 Å². The molecule has 0 aromatic carbocycles. The van der Waals surface area contributed by atoms with Crippen molar-refractivity contribution < 1.29 is 0 Å². The molecule has 334 valence electrons. The zero-order valence-corrected chi connectivity index (χ0v) is 37.8. The Bertz CT molecular complexity index is 687. The van der Waals surface area contributed by atoms with Gasteiger partial charge in [-0.05, 0) is 145 Å². The average Bonchev–Trinajstić information content (AvgIpc) is 2.81. The molecular formula is C53H122. The van der Waals surface area contributed by atoms with Crippen LogP contribution in [-0.4, -0.2) is 0 Å². The lowest BCUT2D eigenvalue weighted by Gasteiger charge is -2.41. The topological polar surface area (TPSA) is 0 Å². The molecule has 0 saturated heterocycles. The summed E-state index contributed by atoms with van der Waals surface area (Å²) >= 11 is 0. The molecule has 0 fully saturated rings. The first-order valence-corrected chi connectivity index (χ1v) is 20.6. The maximum absolute atomic E-state index is 2.42. The van der Waals surface area contributed by atoms with Crippen LogP contribution in [0.4, 0.5) is 0 Å². The van der Waals surface area contributed by atoms with E-state index in [4.69, 9.17) is 0 Å². The summed E-state index contributed by atoms with van der Waals surface area (Å²) in [5.41, 5.74) is 3.80. The molecule has 0 aliphatic heterocycles. The Morgan fingerprint density at radius 2 is 0.434 bits per heavy atom. The molecule has 0 aliphatic rings. The molecule has 0 heterocycles. The third-order valence-electron chi connectivity index (χ3n) is 10.5. The lowest BCUT2D eigenvalue weighted by molar-refractivity contribution is 0.107. The first-order valence-electron chi connectivity index (χ1n) is 20.6. The van der Waals surface area contributed by atoms with Gasteiger partial charge in [0.25, 0.3) is 0 Å². The van der Waals surface area contributed by atoms with Crippen molar-refractivity contribution in [2.24, 2.45) is 55.2 Å². The quantitative estimate of drug-likeness (QED) is 0.139. The number of rotatable bonds is 17. The summed E-state index contributed by atoms with van der Waals surface area (Å²) in [6.45, 7) is 52.9. The normalized spacial score (nSPS) is 12.9. The fourth-order valence-corrected chi connectivity index (χ4v) is 6.73. The maximum atomic E-state index is 2.42. The summed E-state index contributed by atoms with van der Waals surface area (Å²) in [6, 6.07) is 0. The molecule has 0 unspecified atom stereocenters. The van der Waals surface area contributed by atoms with Gasteiger partial charge in [0, 0.05) is 0 Å². The predicted molar refractivity (Wildman–Crippen MR) is 261 cm³/mol. The molecule has 0 amide bonds. The zero-order valence-electron chi connectivity index (χ0n) is 37.8. The molecule has 0 saturated carbocycles. The minimum Gasteiger partial charge on any atom is -0.0776 e. The lowest BCUT2D eigenvalue weighted by Crippen LogP contribution is -2.28. The van der Waals surface area contributed by atoms with Crippen LogP contribution in [0.1, 0.15) is 293 Å². The second-order valence-corrected chi connectivity index (χ2v) is 24.9. The van der Waals surface area contributed by atoms with Crippen molar-refractivity contribution in [1.29, 1.82) is 0 Å². The van der Waals surface area contributed by atoms with E-state index in [0.29, 0.717) is 43.3 Å². The third-order valence-corrected chi connectivity index (χ3v) is 10.5. The minimum atomic E-state index is 0. The maximum Gasteiger partial charge on any atom is -0.0294 e. The van der Waals surface area contributed by atoms with Gasteiger partial charge in [-0.2, -0.15) is 0 Å². The van der Waals surface area contributed by atoms with Crippen molar-refractivity contribution in [3.8, 4) is 0 Å². The molecule has 0 rings (SSSR count). The van der Waals surface area contributed by atoms with Gasteiger partial charge in [-0.25, -0.2) is 0 Å². The highest BCUT2D eigenvalue weighted by Crippen LogP contribution is 2.48. The van der Waals surface area contributed by atoms with Gasteiger partial charge >= 0.3 is 0 Å². The van der Waals surface area contributed by atoms with Gasteiger partial charge < -0.3 is 0 Å². The Morgan fingerprint density at radius 3 is 0.585 bits per heavy atom. The van der Waals surface area contributed by atoms with E-state index >= 15 is 0 Å². The molecule has 0 atom stereocenters. The van der Waals surface area contributed by atoms with Crippen LogP contribution in [0.5, 0.6) is 0 Å². The molecule has 0 spiro atoms. The first kappa shape index (κ1) is 70.8. The van der Waals surface area contributed by atoms with Crippen molar-refractivity contribution in [2.75, 3.05) is 0 Å². The molecule has 0 aliphatic carbocycles. The molecular weight excluding hydrogens is 637 g/mol. The molecule has 0 aromatic heterocycles.